The van der Waals surface area contributed by atoms with Crippen molar-refractivity contribution in [3.63, 3.8) is 0 Å². The third-order valence-corrected chi connectivity index (χ3v) is 5.77. The first-order valence-electron chi connectivity index (χ1n) is 11.6. The number of methoxy groups -OCH3 is 1. The van der Waals surface area contributed by atoms with E-state index in [1.54, 1.807) is 39.1 Å². The Kier molecular flexibility index (Phi) is 7.05. The average molecular weight is 475 g/mol. The van der Waals surface area contributed by atoms with Gasteiger partial charge >= 0.3 is 12.1 Å². The van der Waals surface area contributed by atoms with Gasteiger partial charge in [-0.1, -0.05) is 54.6 Å². The number of alkyl carbamates (subject to hydrolysis) is 1. The number of amides is 1. The zero-order valence-electron chi connectivity index (χ0n) is 20.4. The second kappa shape index (κ2) is 10.2. The van der Waals surface area contributed by atoms with E-state index in [1.165, 1.54) is 7.11 Å². The Labute approximate surface area is 205 Å². The number of esters is 1. The predicted molar refractivity (Wildman–Crippen MR) is 132 cm³/mol. The van der Waals surface area contributed by atoms with E-state index in [9.17, 15) is 9.59 Å². The molecule has 0 radical (unpaired) electrons. The van der Waals surface area contributed by atoms with Crippen molar-refractivity contribution in [2.75, 3.05) is 13.7 Å². The number of benzene rings is 2. The van der Waals surface area contributed by atoms with Crippen LogP contribution in [0.15, 0.2) is 66.9 Å². The molecular weight excluding hydrogens is 444 g/mol. The maximum Gasteiger partial charge on any atom is 0.407 e. The molecule has 3 aromatic rings. The molecule has 7 nitrogen and oxygen atoms in total. The quantitative estimate of drug-likeness (QED) is 0.491. The molecule has 4 rings (SSSR count). The van der Waals surface area contributed by atoms with Crippen LogP contribution in [0, 0.1) is 0 Å². The summed E-state index contributed by atoms with van der Waals surface area (Å²) in [6.45, 7) is 5.50. The minimum Gasteiger partial charge on any atom is -0.481 e. The van der Waals surface area contributed by atoms with Crippen LogP contribution in [0.1, 0.15) is 43.4 Å². The van der Waals surface area contributed by atoms with Gasteiger partial charge in [0.05, 0.1) is 7.11 Å². The minimum atomic E-state index is -0.930. The predicted octanol–water partition coefficient (Wildman–Crippen LogP) is 4.88. The van der Waals surface area contributed by atoms with E-state index in [4.69, 9.17) is 14.2 Å². The topological polar surface area (TPSA) is 86.8 Å². The maximum absolute atomic E-state index is 12.9. The van der Waals surface area contributed by atoms with E-state index in [0.29, 0.717) is 5.88 Å². The number of fused-ring (bicyclic) bond motifs is 3. The van der Waals surface area contributed by atoms with Gasteiger partial charge in [0.25, 0.3) is 0 Å². The number of nitrogens with zero attached hydrogens (tertiary/aromatic N) is 1. The second-order valence-corrected chi connectivity index (χ2v) is 9.47. The van der Waals surface area contributed by atoms with Crippen molar-refractivity contribution in [3.8, 4) is 17.0 Å². The summed E-state index contributed by atoms with van der Waals surface area (Å²) in [6.07, 6.45) is 1.13. The van der Waals surface area contributed by atoms with Gasteiger partial charge in [-0.3, -0.25) is 0 Å². The summed E-state index contributed by atoms with van der Waals surface area (Å²) in [5.41, 5.74) is 4.59. The van der Waals surface area contributed by atoms with Crippen LogP contribution in [0.2, 0.25) is 0 Å². The summed E-state index contributed by atoms with van der Waals surface area (Å²) in [7, 11) is 1.53. The first-order valence-corrected chi connectivity index (χ1v) is 11.6. The highest BCUT2D eigenvalue weighted by Gasteiger charge is 2.31. The van der Waals surface area contributed by atoms with E-state index in [1.807, 2.05) is 24.3 Å². The molecule has 1 aromatic heterocycles. The van der Waals surface area contributed by atoms with Gasteiger partial charge in [-0.25, -0.2) is 14.6 Å². The first kappa shape index (κ1) is 24.3. The third kappa shape index (κ3) is 5.80. The van der Waals surface area contributed by atoms with Crippen LogP contribution in [0.5, 0.6) is 5.88 Å². The number of carbonyl (C=O) groups excluding carboxylic acids is 2. The summed E-state index contributed by atoms with van der Waals surface area (Å²) in [5, 5.41) is 2.69. The lowest BCUT2D eigenvalue weighted by Crippen LogP contribution is -2.46. The molecule has 0 bridgehead atoms. The number of rotatable bonds is 7. The molecule has 1 amide bonds. The molecule has 2 aromatic carbocycles. The van der Waals surface area contributed by atoms with Gasteiger partial charge in [0.1, 0.15) is 18.2 Å². The number of carbonyl (C=O) groups is 2. The van der Waals surface area contributed by atoms with Crippen LogP contribution in [0.25, 0.3) is 11.1 Å². The Morgan fingerprint density at radius 1 is 0.971 bits per heavy atom. The minimum absolute atomic E-state index is 0.0704. The monoisotopic (exact) mass is 474 g/mol. The molecule has 0 aliphatic heterocycles. The molecular formula is C28H30N2O5. The van der Waals surface area contributed by atoms with E-state index in [2.05, 4.69) is 34.6 Å². The van der Waals surface area contributed by atoms with Crippen molar-refractivity contribution in [2.24, 2.45) is 0 Å². The van der Waals surface area contributed by atoms with Gasteiger partial charge in [0.2, 0.25) is 5.88 Å². The largest absolute Gasteiger partial charge is 0.481 e. The van der Waals surface area contributed by atoms with E-state index in [0.717, 1.165) is 27.8 Å². The van der Waals surface area contributed by atoms with Crippen LogP contribution in [-0.2, 0) is 20.7 Å². The lowest BCUT2D eigenvalue weighted by Gasteiger charge is -2.24. The summed E-state index contributed by atoms with van der Waals surface area (Å²) < 4.78 is 16.3. The van der Waals surface area contributed by atoms with Crippen molar-refractivity contribution >= 4 is 12.1 Å². The van der Waals surface area contributed by atoms with Gasteiger partial charge < -0.3 is 19.5 Å². The van der Waals surface area contributed by atoms with Crippen molar-refractivity contribution in [1.29, 1.82) is 0 Å². The zero-order chi connectivity index (χ0) is 25.0. The van der Waals surface area contributed by atoms with Gasteiger partial charge in [0, 0.05) is 24.6 Å². The van der Waals surface area contributed by atoms with Crippen LogP contribution in [-0.4, -0.2) is 42.4 Å². The Morgan fingerprint density at radius 2 is 1.60 bits per heavy atom. The number of pyridine rings is 1. The molecule has 1 N–H and O–H groups in total. The summed E-state index contributed by atoms with van der Waals surface area (Å²) in [6, 6.07) is 18.8. The first-order chi connectivity index (χ1) is 16.7. The van der Waals surface area contributed by atoms with Crippen LogP contribution in [0.4, 0.5) is 4.79 Å². The molecule has 1 unspecified atom stereocenters. The standard InChI is InChI=1S/C28H30N2O5/c1-28(2,3)35-26(31)24(15-18-13-14-25(33-4)29-16-18)30-27(32)34-17-23-21-11-7-5-9-19(21)20-10-6-8-12-22(20)23/h5-14,16,23-24H,15,17H2,1-4H3,(H,30,32). The molecule has 1 atom stereocenters. The summed E-state index contributed by atoms with van der Waals surface area (Å²) in [5.74, 6) is -0.146. The second-order valence-electron chi connectivity index (χ2n) is 9.47. The van der Waals surface area contributed by atoms with Gasteiger partial charge in [-0.15, -0.1) is 0 Å². The Hall–Kier alpha value is -3.87. The van der Waals surface area contributed by atoms with Gasteiger partial charge in [0.15, 0.2) is 0 Å². The van der Waals surface area contributed by atoms with Crippen LogP contribution >= 0.6 is 0 Å². The summed E-state index contributed by atoms with van der Waals surface area (Å²) in [4.78, 5) is 29.9. The molecule has 0 spiro atoms. The highest BCUT2D eigenvalue weighted by atomic mass is 16.6. The molecule has 0 saturated heterocycles. The van der Waals surface area contributed by atoms with Crippen molar-refractivity contribution in [1.82, 2.24) is 10.3 Å². The summed E-state index contributed by atoms with van der Waals surface area (Å²) >= 11 is 0. The number of aromatic nitrogens is 1. The molecule has 182 valence electrons. The lowest BCUT2D eigenvalue weighted by atomic mass is 9.98. The smallest absolute Gasteiger partial charge is 0.407 e. The van der Waals surface area contributed by atoms with E-state index >= 15 is 0 Å². The average Bonchev–Trinajstić information content (AvgIpc) is 3.15. The van der Waals surface area contributed by atoms with Crippen LogP contribution < -0.4 is 10.1 Å². The van der Waals surface area contributed by atoms with Crippen LogP contribution in [0.3, 0.4) is 0 Å². The lowest BCUT2D eigenvalue weighted by molar-refractivity contribution is -0.157. The molecule has 35 heavy (non-hydrogen) atoms. The third-order valence-electron chi connectivity index (χ3n) is 5.77. The molecule has 1 aliphatic rings. The highest BCUT2D eigenvalue weighted by molar-refractivity contribution is 5.82. The molecule has 1 heterocycles. The fourth-order valence-corrected chi connectivity index (χ4v) is 4.24. The molecule has 0 fully saturated rings. The number of hydrogen-bond donors (Lipinski definition) is 1. The Morgan fingerprint density at radius 3 is 2.14 bits per heavy atom. The van der Waals surface area contributed by atoms with Crippen molar-refractivity contribution < 1.29 is 23.8 Å². The van der Waals surface area contributed by atoms with Gasteiger partial charge in [-0.2, -0.15) is 0 Å². The fraction of sp³-hybridized carbons (Fsp3) is 0.321. The van der Waals surface area contributed by atoms with E-state index in [-0.39, 0.29) is 18.9 Å². The van der Waals surface area contributed by atoms with E-state index < -0.39 is 23.7 Å². The SMILES string of the molecule is COc1ccc(CC(NC(=O)OCC2c3ccccc3-c3ccccc32)C(=O)OC(C)(C)C)cn1. The fourth-order valence-electron chi connectivity index (χ4n) is 4.24. The molecule has 0 saturated carbocycles. The van der Waals surface area contributed by atoms with Crippen molar-refractivity contribution in [3.05, 3.63) is 83.6 Å². The van der Waals surface area contributed by atoms with Crippen molar-refractivity contribution in [2.45, 2.75) is 44.8 Å². The maximum atomic E-state index is 12.9. The number of hydrogen-bond acceptors (Lipinski definition) is 6. The molecule has 1 aliphatic carbocycles. The molecule has 7 heteroatoms. The highest BCUT2D eigenvalue weighted by Crippen LogP contribution is 2.44. The number of ether oxygens (including phenoxy) is 3. The normalized spacial score (nSPS) is 13.4. The Bertz CT molecular complexity index is 1150. The number of nitrogens with one attached hydrogen (secondary N) is 1. The zero-order valence-corrected chi connectivity index (χ0v) is 20.4. The van der Waals surface area contributed by atoms with Gasteiger partial charge in [-0.05, 0) is 48.6 Å². The Balaban J connectivity index is 1.46.